The standard InChI is InChI=1S/C48H31N/c1-2-14-34(15-3-1)49-46-27-11-10-21-42(46)38-17-5-7-20-41(38)45-26-13-24-36(48(45)49)33-30-28-32(29-31-33)35-23-12-25-44-40-18-6-4-16-37(40)39-19-8-9-22-43(39)47(35)44/h1-31H. The summed E-state index contributed by atoms with van der Waals surface area (Å²) in [6, 6.07) is 68.8. The number of anilines is 3. The molecular weight excluding hydrogens is 591 g/mol. The molecule has 10 rings (SSSR count). The highest BCUT2D eigenvalue weighted by Crippen LogP contribution is 2.53. The summed E-state index contributed by atoms with van der Waals surface area (Å²) in [5.74, 6) is 0. The summed E-state index contributed by atoms with van der Waals surface area (Å²) in [7, 11) is 0. The summed E-state index contributed by atoms with van der Waals surface area (Å²) < 4.78 is 0. The Hall–Kier alpha value is -6.44. The van der Waals surface area contributed by atoms with E-state index in [1.165, 1.54) is 88.2 Å². The Labute approximate surface area is 286 Å². The minimum absolute atomic E-state index is 1.14. The Balaban J connectivity index is 1.20. The summed E-state index contributed by atoms with van der Waals surface area (Å²) in [5, 5.41) is 7.78. The van der Waals surface area contributed by atoms with E-state index in [4.69, 9.17) is 0 Å². The Morgan fingerprint density at radius 1 is 0.265 bits per heavy atom. The van der Waals surface area contributed by atoms with Gasteiger partial charge in [0.15, 0.2) is 0 Å². The molecule has 0 N–H and O–H groups in total. The SMILES string of the molecule is c1ccc(N2c3ccccc3-c3ccccc3-c3cccc(-c4ccc(-c5cccc6c7ccccc7c7ccccc7c56)cc4)c32)cc1. The first-order valence-electron chi connectivity index (χ1n) is 17.0. The number of rotatable bonds is 3. The predicted octanol–water partition coefficient (Wildman–Crippen LogP) is 13.6. The molecule has 0 amide bonds. The molecule has 9 aromatic rings. The molecule has 0 saturated carbocycles. The molecule has 0 aliphatic carbocycles. The predicted molar refractivity (Wildman–Crippen MR) is 209 cm³/mol. The van der Waals surface area contributed by atoms with Crippen LogP contribution in [0.1, 0.15) is 0 Å². The van der Waals surface area contributed by atoms with Gasteiger partial charge in [-0.2, -0.15) is 0 Å². The van der Waals surface area contributed by atoms with Crippen molar-refractivity contribution in [3.63, 3.8) is 0 Å². The number of fused-ring (bicyclic) bond motifs is 11. The second-order valence-corrected chi connectivity index (χ2v) is 12.8. The monoisotopic (exact) mass is 621 g/mol. The van der Waals surface area contributed by atoms with Gasteiger partial charge < -0.3 is 4.90 Å². The van der Waals surface area contributed by atoms with Gasteiger partial charge in [-0.3, -0.25) is 0 Å². The first-order valence-corrected chi connectivity index (χ1v) is 17.0. The van der Waals surface area contributed by atoms with Crippen molar-refractivity contribution in [3.8, 4) is 44.5 Å². The van der Waals surface area contributed by atoms with Crippen LogP contribution in [-0.2, 0) is 0 Å². The lowest BCUT2D eigenvalue weighted by molar-refractivity contribution is 1.29. The van der Waals surface area contributed by atoms with Gasteiger partial charge in [0.05, 0.1) is 11.4 Å². The molecule has 0 fully saturated rings. The quantitative estimate of drug-likeness (QED) is 0.177. The lowest BCUT2D eigenvalue weighted by atomic mass is 9.88. The molecule has 0 radical (unpaired) electrons. The fourth-order valence-electron chi connectivity index (χ4n) is 8.08. The molecule has 0 saturated heterocycles. The second-order valence-electron chi connectivity index (χ2n) is 12.8. The highest BCUT2D eigenvalue weighted by atomic mass is 15.2. The van der Waals surface area contributed by atoms with Crippen molar-refractivity contribution in [2.24, 2.45) is 0 Å². The zero-order chi connectivity index (χ0) is 32.3. The zero-order valence-electron chi connectivity index (χ0n) is 26.8. The van der Waals surface area contributed by atoms with Crippen LogP contribution in [0.4, 0.5) is 17.1 Å². The van der Waals surface area contributed by atoms with E-state index in [0.29, 0.717) is 0 Å². The molecule has 0 unspecified atom stereocenters. The molecule has 228 valence electrons. The second kappa shape index (κ2) is 11.1. The molecule has 1 aliphatic rings. The van der Waals surface area contributed by atoms with Gasteiger partial charge in [0, 0.05) is 22.4 Å². The summed E-state index contributed by atoms with van der Waals surface area (Å²) in [6.07, 6.45) is 0. The molecule has 1 nitrogen and oxygen atoms in total. The minimum Gasteiger partial charge on any atom is -0.309 e. The van der Waals surface area contributed by atoms with E-state index >= 15 is 0 Å². The number of hydrogen-bond acceptors (Lipinski definition) is 1. The molecule has 0 bridgehead atoms. The van der Waals surface area contributed by atoms with Crippen molar-refractivity contribution < 1.29 is 0 Å². The third-order valence-corrected chi connectivity index (χ3v) is 10.2. The summed E-state index contributed by atoms with van der Waals surface area (Å²) in [5.41, 5.74) is 13.3. The van der Waals surface area contributed by atoms with Gasteiger partial charge in [-0.15, -0.1) is 0 Å². The first kappa shape index (κ1) is 27.7. The van der Waals surface area contributed by atoms with Gasteiger partial charge in [-0.1, -0.05) is 170 Å². The number of hydrogen-bond donors (Lipinski definition) is 0. The molecule has 1 heteroatoms. The zero-order valence-corrected chi connectivity index (χ0v) is 26.8. The van der Waals surface area contributed by atoms with E-state index in [1.807, 2.05) is 0 Å². The minimum atomic E-state index is 1.14. The van der Waals surface area contributed by atoms with Crippen LogP contribution in [0.25, 0.3) is 76.8 Å². The van der Waals surface area contributed by atoms with Gasteiger partial charge in [-0.25, -0.2) is 0 Å². The fourth-order valence-corrected chi connectivity index (χ4v) is 8.08. The van der Waals surface area contributed by atoms with Crippen LogP contribution in [-0.4, -0.2) is 0 Å². The lowest BCUT2D eigenvalue weighted by Crippen LogP contribution is -2.12. The van der Waals surface area contributed by atoms with Crippen LogP contribution in [0.2, 0.25) is 0 Å². The van der Waals surface area contributed by atoms with Crippen molar-refractivity contribution in [2.45, 2.75) is 0 Å². The average molecular weight is 622 g/mol. The van der Waals surface area contributed by atoms with Crippen LogP contribution in [0.3, 0.4) is 0 Å². The van der Waals surface area contributed by atoms with E-state index in [2.05, 4.69) is 193 Å². The van der Waals surface area contributed by atoms with E-state index < -0.39 is 0 Å². The number of nitrogens with zero attached hydrogens (tertiary/aromatic N) is 1. The maximum Gasteiger partial charge on any atom is 0.0618 e. The van der Waals surface area contributed by atoms with Crippen LogP contribution in [0.5, 0.6) is 0 Å². The fraction of sp³-hybridized carbons (Fsp3) is 0. The third kappa shape index (κ3) is 4.26. The summed E-state index contributed by atoms with van der Waals surface area (Å²) in [6.45, 7) is 0. The van der Waals surface area contributed by atoms with E-state index in [0.717, 1.165) is 5.69 Å². The average Bonchev–Trinajstić information content (AvgIpc) is 3.31. The van der Waals surface area contributed by atoms with Crippen LogP contribution in [0, 0.1) is 0 Å². The van der Waals surface area contributed by atoms with E-state index in [1.54, 1.807) is 0 Å². The van der Waals surface area contributed by atoms with Crippen LogP contribution >= 0.6 is 0 Å². The Morgan fingerprint density at radius 2 is 0.694 bits per heavy atom. The molecule has 1 heterocycles. The van der Waals surface area contributed by atoms with Crippen molar-refractivity contribution >= 4 is 49.4 Å². The molecule has 9 aromatic carbocycles. The van der Waals surface area contributed by atoms with Crippen LogP contribution < -0.4 is 4.90 Å². The van der Waals surface area contributed by atoms with Crippen molar-refractivity contribution in [1.82, 2.24) is 0 Å². The van der Waals surface area contributed by atoms with Gasteiger partial charge >= 0.3 is 0 Å². The molecule has 1 aliphatic heterocycles. The van der Waals surface area contributed by atoms with Gasteiger partial charge in [0.25, 0.3) is 0 Å². The molecule has 49 heavy (non-hydrogen) atoms. The molecule has 0 atom stereocenters. The Morgan fingerprint density at radius 3 is 1.39 bits per heavy atom. The highest BCUT2D eigenvalue weighted by molar-refractivity contribution is 6.28. The van der Waals surface area contributed by atoms with Crippen LogP contribution in [0.15, 0.2) is 188 Å². The highest BCUT2D eigenvalue weighted by Gasteiger charge is 2.28. The maximum absolute atomic E-state index is 2.45. The van der Waals surface area contributed by atoms with E-state index in [-0.39, 0.29) is 0 Å². The largest absolute Gasteiger partial charge is 0.309 e. The number of benzene rings is 9. The Bertz CT molecular complexity index is 2660. The van der Waals surface area contributed by atoms with Gasteiger partial charge in [0.1, 0.15) is 0 Å². The van der Waals surface area contributed by atoms with Crippen molar-refractivity contribution in [1.29, 1.82) is 0 Å². The molecule has 0 aromatic heterocycles. The lowest BCUT2D eigenvalue weighted by Gasteiger charge is -2.29. The topological polar surface area (TPSA) is 3.24 Å². The summed E-state index contributed by atoms with van der Waals surface area (Å²) >= 11 is 0. The van der Waals surface area contributed by atoms with E-state index in [9.17, 15) is 0 Å². The van der Waals surface area contributed by atoms with Gasteiger partial charge in [-0.05, 0) is 78.3 Å². The smallest absolute Gasteiger partial charge is 0.0618 e. The number of para-hydroxylation sites is 3. The summed E-state index contributed by atoms with van der Waals surface area (Å²) in [4.78, 5) is 2.45. The Kier molecular flexibility index (Phi) is 6.25. The maximum atomic E-state index is 2.45. The van der Waals surface area contributed by atoms with Gasteiger partial charge in [0.2, 0.25) is 0 Å². The molecular formula is C48H31N. The van der Waals surface area contributed by atoms with Crippen molar-refractivity contribution in [2.75, 3.05) is 4.90 Å². The normalized spacial score (nSPS) is 12.0. The third-order valence-electron chi connectivity index (χ3n) is 10.2. The first-order chi connectivity index (χ1) is 24.3. The van der Waals surface area contributed by atoms with Crippen molar-refractivity contribution in [3.05, 3.63) is 188 Å². The molecule has 0 spiro atoms.